The van der Waals surface area contributed by atoms with Crippen LogP contribution in [0.25, 0.3) is 0 Å². The number of rotatable bonds is 6. The molecule has 4 nitrogen and oxygen atoms in total. The van der Waals surface area contributed by atoms with Crippen molar-refractivity contribution < 1.29 is 4.79 Å². The van der Waals surface area contributed by atoms with E-state index >= 15 is 0 Å². The van der Waals surface area contributed by atoms with Gasteiger partial charge in [-0.3, -0.25) is 9.59 Å². The summed E-state index contributed by atoms with van der Waals surface area (Å²) in [4.78, 5) is 26.7. The van der Waals surface area contributed by atoms with E-state index in [4.69, 9.17) is 11.6 Å². The number of hydrogen-bond acceptors (Lipinski definition) is 2. The molecule has 0 spiro atoms. The summed E-state index contributed by atoms with van der Waals surface area (Å²) >= 11 is 6.45. The topological polar surface area (TPSA) is 51.1 Å². The predicted octanol–water partition coefficient (Wildman–Crippen LogP) is 6.97. The molecule has 0 aliphatic heterocycles. The fourth-order valence-electron chi connectivity index (χ4n) is 4.20. The molecule has 0 aliphatic carbocycles. The molecule has 0 radical (unpaired) electrons. The molecule has 1 amide bonds. The minimum atomic E-state index is -0.433. The Morgan fingerprint density at radius 2 is 1.45 bits per heavy atom. The normalized spacial score (nSPS) is 11.3. The Labute approximate surface area is 201 Å². The SMILES string of the molecule is Cc1ccc(Cn2c(C)c(Cl)c(=O)c(C(=O)Nc3c(C(C)C)cccc3C(C)C)c2C)cc1. The molecule has 1 heterocycles. The summed E-state index contributed by atoms with van der Waals surface area (Å²) in [5.41, 5.74) is 6.04. The second-order valence-electron chi connectivity index (χ2n) is 9.34. The minimum absolute atomic E-state index is 0.0825. The highest BCUT2D eigenvalue weighted by molar-refractivity contribution is 6.31. The third-order valence-corrected chi connectivity index (χ3v) is 6.66. The van der Waals surface area contributed by atoms with Crippen LogP contribution < -0.4 is 10.7 Å². The number of hydrogen-bond donors (Lipinski definition) is 1. The van der Waals surface area contributed by atoms with Crippen LogP contribution in [-0.2, 0) is 6.54 Å². The fourth-order valence-corrected chi connectivity index (χ4v) is 4.39. The molecule has 1 N–H and O–H groups in total. The van der Waals surface area contributed by atoms with Gasteiger partial charge >= 0.3 is 0 Å². The van der Waals surface area contributed by atoms with Crippen molar-refractivity contribution >= 4 is 23.2 Å². The standard InChI is InChI=1S/C28H33ClN2O2/c1-16(2)22-9-8-10-23(17(3)4)26(22)30-28(33)24-19(6)31(20(7)25(29)27(24)32)15-21-13-11-18(5)12-14-21/h8-14,16-17H,15H2,1-7H3,(H,30,33). The van der Waals surface area contributed by atoms with Crippen LogP contribution in [0.2, 0.25) is 5.02 Å². The Hall–Kier alpha value is -2.85. The summed E-state index contributed by atoms with van der Waals surface area (Å²) in [7, 11) is 0. The van der Waals surface area contributed by atoms with E-state index in [-0.39, 0.29) is 22.4 Å². The molecule has 174 valence electrons. The molecule has 0 fully saturated rings. The first-order valence-electron chi connectivity index (χ1n) is 11.4. The maximum absolute atomic E-state index is 13.5. The number of aryl methyl sites for hydroxylation is 1. The van der Waals surface area contributed by atoms with Crippen LogP contribution in [0.3, 0.4) is 0 Å². The molecule has 1 aromatic heterocycles. The summed E-state index contributed by atoms with van der Waals surface area (Å²) < 4.78 is 1.95. The van der Waals surface area contributed by atoms with Gasteiger partial charge in [-0.1, -0.05) is 87.3 Å². The number of carbonyl (C=O) groups excluding carboxylic acids is 1. The Bertz CT molecular complexity index is 1210. The lowest BCUT2D eigenvalue weighted by Crippen LogP contribution is -2.29. The van der Waals surface area contributed by atoms with Gasteiger partial charge in [-0.2, -0.15) is 0 Å². The first-order valence-corrected chi connectivity index (χ1v) is 11.8. The smallest absolute Gasteiger partial charge is 0.261 e. The molecule has 0 bridgehead atoms. The molecular formula is C28H33ClN2O2. The van der Waals surface area contributed by atoms with Crippen molar-refractivity contribution in [3.05, 3.63) is 96.9 Å². The number of nitrogens with one attached hydrogen (secondary N) is 1. The van der Waals surface area contributed by atoms with E-state index in [1.807, 2.05) is 67.8 Å². The molecule has 5 heteroatoms. The molecule has 3 aromatic rings. The Morgan fingerprint density at radius 3 is 1.97 bits per heavy atom. The van der Waals surface area contributed by atoms with Gasteiger partial charge in [-0.05, 0) is 49.3 Å². The average Bonchev–Trinajstić information content (AvgIpc) is 2.76. The monoisotopic (exact) mass is 464 g/mol. The lowest BCUT2D eigenvalue weighted by molar-refractivity contribution is 0.102. The quantitative estimate of drug-likeness (QED) is 0.428. The first kappa shape index (κ1) is 24.8. The Balaban J connectivity index is 2.11. The van der Waals surface area contributed by atoms with Crippen molar-refractivity contribution in [3.8, 4) is 0 Å². The summed E-state index contributed by atoms with van der Waals surface area (Å²) in [6, 6.07) is 14.3. The van der Waals surface area contributed by atoms with Gasteiger partial charge in [0.25, 0.3) is 5.91 Å². The fraction of sp³-hybridized carbons (Fsp3) is 0.357. The van der Waals surface area contributed by atoms with Gasteiger partial charge in [0.2, 0.25) is 5.43 Å². The number of benzene rings is 2. The second kappa shape index (κ2) is 9.96. The van der Waals surface area contributed by atoms with Crippen molar-refractivity contribution in [2.24, 2.45) is 0 Å². The number of nitrogens with zero attached hydrogens (tertiary/aromatic N) is 1. The molecule has 2 aromatic carbocycles. The zero-order valence-electron chi connectivity index (χ0n) is 20.5. The van der Waals surface area contributed by atoms with E-state index in [9.17, 15) is 9.59 Å². The van der Waals surface area contributed by atoms with Crippen LogP contribution in [0.15, 0.2) is 47.3 Å². The summed E-state index contributed by atoms with van der Waals surface area (Å²) in [6.45, 7) is 14.6. The largest absolute Gasteiger partial charge is 0.342 e. The van der Waals surface area contributed by atoms with Crippen LogP contribution in [0.1, 0.15) is 83.5 Å². The molecule has 0 atom stereocenters. The van der Waals surface area contributed by atoms with E-state index in [2.05, 4.69) is 33.0 Å². The van der Waals surface area contributed by atoms with Crippen molar-refractivity contribution in [2.45, 2.75) is 66.8 Å². The molecule has 0 saturated carbocycles. The van der Waals surface area contributed by atoms with Gasteiger partial charge in [0.15, 0.2) is 0 Å². The number of aromatic nitrogens is 1. The van der Waals surface area contributed by atoms with Gasteiger partial charge in [0, 0.05) is 23.6 Å². The number of carbonyl (C=O) groups is 1. The van der Waals surface area contributed by atoms with E-state index in [1.165, 1.54) is 5.56 Å². The molecule has 0 aliphatic rings. The first-order chi connectivity index (χ1) is 15.5. The molecule has 0 saturated heterocycles. The van der Waals surface area contributed by atoms with Gasteiger partial charge in [-0.25, -0.2) is 0 Å². The van der Waals surface area contributed by atoms with E-state index in [0.717, 1.165) is 22.4 Å². The second-order valence-corrected chi connectivity index (χ2v) is 9.71. The van der Waals surface area contributed by atoms with Crippen molar-refractivity contribution in [1.82, 2.24) is 4.57 Å². The lowest BCUT2D eigenvalue weighted by atomic mass is 9.92. The Morgan fingerprint density at radius 1 is 0.909 bits per heavy atom. The van der Waals surface area contributed by atoms with Crippen molar-refractivity contribution in [1.29, 1.82) is 0 Å². The maximum atomic E-state index is 13.5. The average molecular weight is 465 g/mol. The van der Waals surface area contributed by atoms with Crippen LogP contribution in [-0.4, -0.2) is 10.5 Å². The number of para-hydroxylation sites is 1. The zero-order chi connectivity index (χ0) is 24.4. The highest BCUT2D eigenvalue weighted by atomic mass is 35.5. The van der Waals surface area contributed by atoms with E-state index < -0.39 is 11.3 Å². The minimum Gasteiger partial charge on any atom is -0.342 e. The lowest BCUT2D eigenvalue weighted by Gasteiger charge is -2.22. The predicted molar refractivity (Wildman–Crippen MR) is 138 cm³/mol. The summed E-state index contributed by atoms with van der Waals surface area (Å²) in [5.74, 6) is 0.0202. The summed E-state index contributed by atoms with van der Waals surface area (Å²) in [6.07, 6.45) is 0. The molecule has 3 rings (SSSR count). The molecule has 0 unspecified atom stereocenters. The van der Waals surface area contributed by atoms with Crippen LogP contribution in [0.5, 0.6) is 0 Å². The van der Waals surface area contributed by atoms with E-state index in [0.29, 0.717) is 17.9 Å². The van der Waals surface area contributed by atoms with Gasteiger partial charge in [0.05, 0.1) is 0 Å². The summed E-state index contributed by atoms with van der Waals surface area (Å²) in [5, 5.41) is 3.16. The van der Waals surface area contributed by atoms with Crippen LogP contribution >= 0.6 is 11.6 Å². The third kappa shape index (κ3) is 5.06. The highest BCUT2D eigenvalue weighted by Crippen LogP contribution is 2.33. The molecule has 33 heavy (non-hydrogen) atoms. The number of pyridine rings is 1. The van der Waals surface area contributed by atoms with Crippen LogP contribution in [0, 0.1) is 20.8 Å². The van der Waals surface area contributed by atoms with Gasteiger partial charge < -0.3 is 9.88 Å². The number of halogens is 1. The van der Waals surface area contributed by atoms with E-state index in [1.54, 1.807) is 0 Å². The van der Waals surface area contributed by atoms with Gasteiger partial charge in [-0.15, -0.1) is 0 Å². The van der Waals surface area contributed by atoms with Crippen LogP contribution in [0.4, 0.5) is 5.69 Å². The number of amides is 1. The van der Waals surface area contributed by atoms with Gasteiger partial charge in [0.1, 0.15) is 10.6 Å². The Kier molecular flexibility index (Phi) is 7.48. The highest BCUT2D eigenvalue weighted by Gasteiger charge is 2.24. The molecular weight excluding hydrogens is 432 g/mol. The zero-order valence-corrected chi connectivity index (χ0v) is 21.3. The third-order valence-electron chi connectivity index (χ3n) is 6.22. The van der Waals surface area contributed by atoms with Crippen molar-refractivity contribution in [3.63, 3.8) is 0 Å². The van der Waals surface area contributed by atoms with Crippen molar-refractivity contribution in [2.75, 3.05) is 5.32 Å². The number of anilines is 1. The maximum Gasteiger partial charge on any atom is 0.261 e.